The molecule has 1 aliphatic carbocycles. The zero-order valence-electron chi connectivity index (χ0n) is 9.14. The van der Waals surface area contributed by atoms with Gasteiger partial charge < -0.3 is 4.90 Å². The minimum absolute atomic E-state index is 0.551. The van der Waals surface area contributed by atoms with Gasteiger partial charge in [-0.3, -0.25) is 5.41 Å². The van der Waals surface area contributed by atoms with E-state index in [-0.39, 0.29) is 0 Å². The average molecular weight is 182 g/mol. The van der Waals surface area contributed by atoms with Crippen LogP contribution in [-0.2, 0) is 0 Å². The van der Waals surface area contributed by atoms with Crippen LogP contribution in [0.15, 0.2) is 0 Å². The summed E-state index contributed by atoms with van der Waals surface area (Å²) in [5, 5.41) is 8.06. The van der Waals surface area contributed by atoms with Crippen molar-refractivity contribution >= 4 is 5.84 Å². The van der Waals surface area contributed by atoms with Crippen molar-refractivity contribution in [2.45, 2.75) is 40.0 Å². The molecule has 0 aliphatic heterocycles. The average Bonchev–Trinajstić information content (AvgIpc) is 2.54. The summed E-state index contributed by atoms with van der Waals surface area (Å²) in [7, 11) is 0. The largest absolute Gasteiger partial charge is 0.361 e. The molecule has 0 spiro atoms. The van der Waals surface area contributed by atoms with Crippen molar-refractivity contribution in [2.75, 3.05) is 13.1 Å². The van der Waals surface area contributed by atoms with Crippen LogP contribution in [0.2, 0.25) is 0 Å². The molecule has 0 heterocycles. The summed E-state index contributed by atoms with van der Waals surface area (Å²) in [5.74, 6) is 2.27. The Morgan fingerprint density at radius 3 is 2.31 bits per heavy atom. The van der Waals surface area contributed by atoms with Gasteiger partial charge in [0.2, 0.25) is 0 Å². The van der Waals surface area contributed by atoms with Gasteiger partial charge in [0, 0.05) is 19.0 Å². The first-order chi connectivity index (χ1) is 6.19. The third-order valence-corrected chi connectivity index (χ3v) is 3.19. The van der Waals surface area contributed by atoms with Gasteiger partial charge in [-0.1, -0.05) is 6.92 Å². The number of hydrogen-bond donors (Lipinski definition) is 1. The molecule has 0 aromatic heterocycles. The zero-order chi connectivity index (χ0) is 9.84. The molecule has 0 aromatic carbocycles. The molecule has 13 heavy (non-hydrogen) atoms. The molecule has 1 fully saturated rings. The normalized spacial score (nSPS) is 27.6. The molecular weight excluding hydrogens is 160 g/mol. The predicted octanol–water partition coefficient (Wildman–Crippen LogP) is 2.74. The summed E-state index contributed by atoms with van der Waals surface area (Å²) >= 11 is 0. The van der Waals surface area contributed by atoms with Gasteiger partial charge in [0.25, 0.3) is 0 Å². The van der Waals surface area contributed by atoms with E-state index in [0.717, 1.165) is 24.8 Å². The molecular formula is C11H22N2. The van der Waals surface area contributed by atoms with Crippen molar-refractivity contribution in [1.82, 2.24) is 4.90 Å². The topological polar surface area (TPSA) is 27.1 Å². The van der Waals surface area contributed by atoms with Crippen LogP contribution in [0.5, 0.6) is 0 Å². The van der Waals surface area contributed by atoms with E-state index in [0.29, 0.717) is 5.92 Å². The smallest absolute Gasteiger partial charge is 0.0989 e. The zero-order valence-corrected chi connectivity index (χ0v) is 9.14. The SMILES string of the molecule is CCN(CC)C(=N)C1CCC(C)C1. The monoisotopic (exact) mass is 182 g/mol. The highest BCUT2D eigenvalue weighted by Crippen LogP contribution is 2.31. The molecule has 0 bridgehead atoms. The minimum atomic E-state index is 0.551. The van der Waals surface area contributed by atoms with Crippen LogP contribution in [-0.4, -0.2) is 23.8 Å². The highest BCUT2D eigenvalue weighted by atomic mass is 15.2. The molecule has 2 atom stereocenters. The molecule has 1 saturated carbocycles. The Morgan fingerprint density at radius 2 is 1.92 bits per heavy atom. The Bertz CT molecular complexity index is 173. The van der Waals surface area contributed by atoms with Crippen molar-refractivity contribution in [3.05, 3.63) is 0 Å². The van der Waals surface area contributed by atoms with Crippen LogP contribution in [0.3, 0.4) is 0 Å². The molecule has 2 heteroatoms. The van der Waals surface area contributed by atoms with E-state index in [9.17, 15) is 0 Å². The molecule has 2 unspecified atom stereocenters. The molecule has 0 amide bonds. The minimum Gasteiger partial charge on any atom is -0.361 e. The molecule has 0 aromatic rings. The van der Waals surface area contributed by atoms with Crippen LogP contribution >= 0.6 is 0 Å². The maximum atomic E-state index is 8.06. The van der Waals surface area contributed by atoms with Gasteiger partial charge in [0.15, 0.2) is 0 Å². The fraction of sp³-hybridized carbons (Fsp3) is 0.909. The van der Waals surface area contributed by atoms with Crippen molar-refractivity contribution < 1.29 is 0 Å². The van der Waals surface area contributed by atoms with Gasteiger partial charge in [-0.2, -0.15) is 0 Å². The maximum absolute atomic E-state index is 8.06. The highest BCUT2D eigenvalue weighted by Gasteiger charge is 2.26. The summed E-state index contributed by atoms with van der Waals surface area (Å²) in [5.41, 5.74) is 0. The van der Waals surface area contributed by atoms with Gasteiger partial charge >= 0.3 is 0 Å². The molecule has 1 aliphatic rings. The number of rotatable bonds is 3. The van der Waals surface area contributed by atoms with E-state index in [1.807, 2.05) is 0 Å². The molecule has 0 radical (unpaired) electrons. The van der Waals surface area contributed by atoms with E-state index >= 15 is 0 Å². The lowest BCUT2D eigenvalue weighted by Crippen LogP contribution is -2.34. The fourth-order valence-electron chi connectivity index (χ4n) is 2.28. The van der Waals surface area contributed by atoms with Crippen LogP contribution in [0, 0.1) is 17.2 Å². The lowest BCUT2D eigenvalue weighted by Gasteiger charge is -2.25. The Kier molecular flexibility index (Phi) is 3.76. The van der Waals surface area contributed by atoms with Gasteiger partial charge in [-0.25, -0.2) is 0 Å². The van der Waals surface area contributed by atoms with E-state index in [1.165, 1.54) is 19.3 Å². The fourth-order valence-corrected chi connectivity index (χ4v) is 2.28. The first-order valence-electron chi connectivity index (χ1n) is 5.52. The van der Waals surface area contributed by atoms with Crippen LogP contribution < -0.4 is 0 Å². The van der Waals surface area contributed by atoms with E-state index < -0.39 is 0 Å². The van der Waals surface area contributed by atoms with E-state index in [2.05, 4.69) is 25.7 Å². The van der Waals surface area contributed by atoms with E-state index in [4.69, 9.17) is 5.41 Å². The van der Waals surface area contributed by atoms with Crippen molar-refractivity contribution in [2.24, 2.45) is 11.8 Å². The van der Waals surface area contributed by atoms with Crippen molar-refractivity contribution in [3.8, 4) is 0 Å². The van der Waals surface area contributed by atoms with Crippen LogP contribution in [0.1, 0.15) is 40.0 Å². The van der Waals surface area contributed by atoms with Gasteiger partial charge in [0.1, 0.15) is 0 Å². The quantitative estimate of drug-likeness (QED) is 0.527. The summed E-state index contributed by atoms with van der Waals surface area (Å²) in [4.78, 5) is 2.18. The van der Waals surface area contributed by atoms with E-state index in [1.54, 1.807) is 0 Å². The summed E-state index contributed by atoms with van der Waals surface area (Å²) < 4.78 is 0. The Morgan fingerprint density at radius 1 is 1.31 bits per heavy atom. The maximum Gasteiger partial charge on any atom is 0.0989 e. The molecule has 1 rings (SSSR count). The lowest BCUT2D eigenvalue weighted by molar-refractivity contribution is 0.425. The van der Waals surface area contributed by atoms with Crippen LogP contribution in [0.4, 0.5) is 0 Å². The van der Waals surface area contributed by atoms with Crippen molar-refractivity contribution in [3.63, 3.8) is 0 Å². The number of hydrogen-bond acceptors (Lipinski definition) is 1. The van der Waals surface area contributed by atoms with Crippen LogP contribution in [0.25, 0.3) is 0 Å². The molecule has 0 saturated heterocycles. The number of amidine groups is 1. The standard InChI is InChI=1S/C11H22N2/c1-4-13(5-2)11(12)10-7-6-9(3)8-10/h9-10,12H,4-8H2,1-3H3. The molecule has 2 nitrogen and oxygen atoms in total. The van der Waals surface area contributed by atoms with Gasteiger partial charge in [-0.05, 0) is 39.0 Å². The Labute approximate surface area is 81.8 Å². The predicted molar refractivity (Wildman–Crippen MR) is 57.2 cm³/mol. The second kappa shape index (κ2) is 4.64. The molecule has 76 valence electrons. The third-order valence-electron chi connectivity index (χ3n) is 3.19. The van der Waals surface area contributed by atoms with Crippen molar-refractivity contribution in [1.29, 1.82) is 5.41 Å². The first-order valence-corrected chi connectivity index (χ1v) is 5.52. The highest BCUT2D eigenvalue weighted by molar-refractivity contribution is 5.81. The Balaban J connectivity index is 2.47. The van der Waals surface area contributed by atoms with Gasteiger partial charge in [-0.15, -0.1) is 0 Å². The third kappa shape index (κ3) is 2.45. The second-order valence-electron chi connectivity index (χ2n) is 4.17. The number of nitrogens with zero attached hydrogens (tertiary/aromatic N) is 1. The summed E-state index contributed by atoms with van der Waals surface area (Å²) in [6, 6.07) is 0. The second-order valence-corrected chi connectivity index (χ2v) is 4.17. The van der Waals surface area contributed by atoms with Gasteiger partial charge in [0.05, 0.1) is 5.84 Å². The Hall–Kier alpha value is -0.530. The lowest BCUT2D eigenvalue weighted by atomic mass is 10.0. The summed E-state index contributed by atoms with van der Waals surface area (Å²) in [6.07, 6.45) is 3.78. The molecule has 1 N–H and O–H groups in total. The first kappa shape index (κ1) is 10.6. The number of nitrogens with one attached hydrogen (secondary N) is 1. The summed E-state index contributed by atoms with van der Waals surface area (Å²) in [6.45, 7) is 8.54.